The highest BCUT2D eigenvalue weighted by molar-refractivity contribution is 7.99. The van der Waals surface area contributed by atoms with Gasteiger partial charge >= 0.3 is 0 Å². The molecule has 6 nitrogen and oxygen atoms in total. The maximum Gasteiger partial charge on any atom is 0.274 e. The largest absolute Gasteiger partial charge is 0.338 e. The maximum atomic E-state index is 12.7. The number of aromatic amines is 1. The summed E-state index contributed by atoms with van der Waals surface area (Å²) in [6, 6.07) is 20.0. The van der Waals surface area contributed by atoms with Gasteiger partial charge in [-0.25, -0.2) is 0 Å². The number of hydrogen-bond acceptors (Lipinski definition) is 5. The van der Waals surface area contributed by atoms with E-state index < -0.39 is 5.79 Å². The van der Waals surface area contributed by atoms with Gasteiger partial charge < -0.3 is 14.5 Å². The molecular formula is C23H21N3O3S. The van der Waals surface area contributed by atoms with E-state index in [1.165, 1.54) is 15.5 Å². The molecule has 5 rings (SSSR count). The smallest absolute Gasteiger partial charge is 0.274 e. The molecule has 0 aliphatic carbocycles. The summed E-state index contributed by atoms with van der Waals surface area (Å²) in [5.41, 5.74) is 2.84. The lowest BCUT2D eigenvalue weighted by Gasteiger charge is -2.45. The van der Waals surface area contributed by atoms with Crippen molar-refractivity contribution in [3.8, 4) is 11.1 Å². The van der Waals surface area contributed by atoms with E-state index in [-0.39, 0.29) is 11.8 Å². The zero-order chi connectivity index (χ0) is 20.7. The third-order valence-electron chi connectivity index (χ3n) is 5.23. The average molecular weight is 420 g/mol. The van der Waals surface area contributed by atoms with Gasteiger partial charge in [-0.2, -0.15) is 9.61 Å². The molecule has 0 radical (unpaired) electrons. The molecule has 3 heterocycles. The van der Waals surface area contributed by atoms with Gasteiger partial charge in [0.05, 0.1) is 11.9 Å². The molecule has 152 valence electrons. The zero-order valence-corrected chi connectivity index (χ0v) is 17.5. The highest BCUT2D eigenvalue weighted by Crippen LogP contribution is 2.40. The molecule has 0 bridgehead atoms. The maximum absolute atomic E-state index is 12.7. The highest BCUT2D eigenvalue weighted by Gasteiger charge is 2.46. The van der Waals surface area contributed by atoms with Crippen LogP contribution >= 0.6 is 11.8 Å². The quantitative estimate of drug-likeness (QED) is 0.503. The molecular weight excluding hydrogens is 398 g/mol. The van der Waals surface area contributed by atoms with Crippen LogP contribution < -0.4 is 5.56 Å². The van der Waals surface area contributed by atoms with E-state index in [4.69, 9.17) is 9.47 Å². The molecule has 0 saturated carbocycles. The number of hydrogen-bond donors (Lipinski definition) is 1. The predicted molar refractivity (Wildman–Crippen MR) is 115 cm³/mol. The zero-order valence-electron chi connectivity index (χ0n) is 16.7. The van der Waals surface area contributed by atoms with Gasteiger partial charge in [-0.15, -0.1) is 0 Å². The van der Waals surface area contributed by atoms with E-state index in [0.29, 0.717) is 17.8 Å². The van der Waals surface area contributed by atoms with Crippen molar-refractivity contribution < 1.29 is 9.47 Å². The first kappa shape index (κ1) is 19.1. The van der Waals surface area contributed by atoms with E-state index in [0.717, 1.165) is 16.0 Å². The molecule has 7 heteroatoms. The van der Waals surface area contributed by atoms with Crippen LogP contribution in [0.3, 0.4) is 0 Å². The van der Waals surface area contributed by atoms with Crippen molar-refractivity contribution in [2.75, 3.05) is 0 Å². The Balaban J connectivity index is 1.51. The third kappa shape index (κ3) is 3.25. The molecule has 30 heavy (non-hydrogen) atoms. The molecule has 0 unspecified atom stereocenters. The van der Waals surface area contributed by atoms with Gasteiger partial charge in [-0.05, 0) is 36.8 Å². The van der Waals surface area contributed by atoms with Gasteiger partial charge in [0.15, 0.2) is 6.29 Å². The minimum Gasteiger partial charge on any atom is -0.338 e. The number of aromatic nitrogens is 3. The fourth-order valence-electron chi connectivity index (χ4n) is 3.76. The number of nitrogens with one attached hydrogen (secondary N) is 1. The molecule has 1 aliphatic heterocycles. The van der Waals surface area contributed by atoms with Gasteiger partial charge in [-0.1, -0.05) is 49.0 Å². The summed E-state index contributed by atoms with van der Waals surface area (Å²) >= 11 is 1.71. The van der Waals surface area contributed by atoms with E-state index in [9.17, 15) is 4.79 Å². The van der Waals surface area contributed by atoms with Crippen molar-refractivity contribution in [1.29, 1.82) is 0 Å². The van der Waals surface area contributed by atoms with Gasteiger partial charge in [0.2, 0.25) is 5.79 Å². The lowest BCUT2D eigenvalue weighted by atomic mass is 10.1. The fraction of sp³-hybridized carbons (Fsp3) is 0.217. The van der Waals surface area contributed by atoms with Crippen LogP contribution in [-0.2, 0) is 15.3 Å². The van der Waals surface area contributed by atoms with Crippen molar-refractivity contribution in [3.05, 3.63) is 82.9 Å². The first-order valence-corrected chi connectivity index (χ1v) is 10.7. The Morgan fingerprint density at radius 1 is 1.10 bits per heavy atom. The first-order valence-electron chi connectivity index (χ1n) is 9.88. The van der Waals surface area contributed by atoms with Crippen molar-refractivity contribution in [2.24, 2.45) is 0 Å². The van der Waals surface area contributed by atoms with Gasteiger partial charge in [0.25, 0.3) is 5.56 Å². The summed E-state index contributed by atoms with van der Waals surface area (Å²) in [7, 11) is 0. The predicted octanol–water partition coefficient (Wildman–Crippen LogP) is 4.80. The monoisotopic (exact) mass is 419 g/mol. The molecule has 1 N–H and O–H groups in total. The van der Waals surface area contributed by atoms with E-state index in [2.05, 4.69) is 34.3 Å². The van der Waals surface area contributed by atoms with E-state index in [1.54, 1.807) is 18.0 Å². The van der Waals surface area contributed by atoms with Crippen molar-refractivity contribution in [3.63, 3.8) is 0 Å². The van der Waals surface area contributed by atoms with Crippen LogP contribution in [0.4, 0.5) is 0 Å². The molecule has 0 amide bonds. The SMILES string of the molecule is CCC1(c2cc(=O)n3ncc(-c4ccc(Sc5ccccc5)cc4)c3[nH]2)OC(C)O1. The van der Waals surface area contributed by atoms with Gasteiger partial charge in [-0.3, -0.25) is 4.79 Å². The molecule has 2 aromatic heterocycles. The van der Waals surface area contributed by atoms with Crippen LogP contribution in [0.5, 0.6) is 0 Å². The van der Waals surface area contributed by atoms with Crippen LogP contribution in [0, 0.1) is 0 Å². The Kier molecular flexibility index (Phi) is 4.73. The van der Waals surface area contributed by atoms with Crippen LogP contribution in [0.25, 0.3) is 16.8 Å². The van der Waals surface area contributed by atoms with Gasteiger partial charge in [0.1, 0.15) is 5.65 Å². The molecule has 1 saturated heterocycles. The number of rotatable bonds is 5. The lowest BCUT2D eigenvalue weighted by Crippen LogP contribution is -2.50. The fourth-order valence-corrected chi connectivity index (χ4v) is 4.59. The lowest BCUT2D eigenvalue weighted by molar-refractivity contribution is -0.458. The minimum atomic E-state index is -0.905. The summed E-state index contributed by atoms with van der Waals surface area (Å²) in [4.78, 5) is 18.3. The summed E-state index contributed by atoms with van der Waals surface area (Å²) < 4.78 is 13.0. The van der Waals surface area contributed by atoms with E-state index in [1.807, 2.05) is 44.2 Å². The van der Waals surface area contributed by atoms with Crippen LogP contribution in [0.15, 0.2) is 81.4 Å². The molecule has 4 aromatic rings. The van der Waals surface area contributed by atoms with E-state index >= 15 is 0 Å². The van der Waals surface area contributed by atoms with Gasteiger partial charge in [0, 0.05) is 27.8 Å². The topological polar surface area (TPSA) is 68.6 Å². The molecule has 2 aromatic carbocycles. The second kappa shape index (κ2) is 7.43. The standard InChI is InChI=1S/C23H21N3O3S/c1-3-23(28-15(2)29-23)20-13-21(27)26-22(25-20)19(14-24-26)16-9-11-18(12-10-16)30-17-7-5-4-6-8-17/h4-15,25H,3H2,1-2H3. The molecule has 1 aliphatic rings. The number of benzene rings is 2. The second-order valence-corrected chi connectivity index (χ2v) is 8.34. The Morgan fingerprint density at radius 3 is 2.47 bits per heavy atom. The Labute approximate surface area is 177 Å². The van der Waals surface area contributed by atoms with Crippen LogP contribution in [0.2, 0.25) is 0 Å². The highest BCUT2D eigenvalue weighted by atomic mass is 32.2. The van der Waals surface area contributed by atoms with Crippen LogP contribution in [0.1, 0.15) is 26.0 Å². The number of H-pyrrole nitrogens is 1. The molecule has 0 spiro atoms. The number of nitrogens with zero attached hydrogens (tertiary/aromatic N) is 2. The summed E-state index contributed by atoms with van der Waals surface area (Å²) in [5, 5.41) is 4.28. The minimum absolute atomic E-state index is 0.221. The van der Waals surface area contributed by atoms with Crippen LogP contribution in [-0.4, -0.2) is 20.9 Å². The molecule has 1 fully saturated rings. The Morgan fingerprint density at radius 2 is 1.80 bits per heavy atom. The summed E-state index contributed by atoms with van der Waals surface area (Å²) in [5.74, 6) is -0.905. The Hall–Kier alpha value is -2.87. The van der Waals surface area contributed by atoms with Crippen molar-refractivity contribution in [2.45, 2.75) is 42.1 Å². The summed E-state index contributed by atoms with van der Waals surface area (Å²) in [6.07, 6.45) is 2.02. The summed E-state index contributed by atoms with van der Waals surface area (Å²) in [6.45, 7) is 3.80. The van der Waals surface area contributed by atoms with Crippen molar-refractivity contribution in [1.82, 2.24) is 14.6 Å². The number of ether oxygens (including phenoxy) is 2. The number of fused-ring (bicyclic) bond motifs is 1. The average Bonchev–Trinajstić information content (AvgIpc) is 3.17. The third-order valence-corrected chi connectivity index (χ3v) is 6.25. The Bertz CT molecular complexity index is 1240. The van der Waals surface area contributed by atoms with Crippen molar-refractivity contribution >= 4 is 17.4 Å². The second-order valence-electron chi connectivity index (χ2n) is 7.19. The molecule has 0 atom stereocenters. The normalized spacial score (nSPS) is 20.9. The first-order chi connectivity index (χ1) is 14.6.